The number of para-hydroxylation sites is 3. The van der Waals surface area contributed by atoms with Crippen LogP contribution in [0.3, 0.4) is 0 Å². The van der Waals surface area contributed by atoms with Crippen LogP contribution >= 0.6 is 0 Å². The van der Waals surface area contributed by atoms with Gasteiger partial charge < -0.3 is 23.1 Å². The molecule has 412 valence electrons. The van der Waals surface area contributed by atoms with E-state index in [9.17, 15) is 0 Å². The van der Waals surface area contributed by atoms with E-state index >= 15 is 0 Å². The number of furan rings is 3. The molecule has 0 amide bonds. The maximum absolute atomic E-state index is 7.39. The van der Waals surface area contributed by atoms with Crippen molar-refractivity contribution in [1.82, 2.24) is 0 Å². The van der Waals surface area contributed by atoms with Gasteiger partial charge in [-0.2, -0.15) is 0 Å². The van der Waals surface area contributed by atoms with Gasteiger partial charge in [-0.05, 0) is 200 Å². The lowest BCUT2D eigenvalue weighted by Crippen LogP contribution is -2.10. The number of nitrogens with zero attached hydrogens (tertiary/aromatic N) is 2. The summed E-state index contributed by atoms with van der Waals surface area (Å²) in [7, 11) is 0. The zero-order valence-corrected chi connectivity index (χ0v) is 47.8. The van der Waals surface area contributed by atoms with E-state index in [0.717, 1.165) is 116 Å². The molecule has 3 heterocycles. The van der Waals surface area contributed by atoms with Crippen molar-refractivity contribution < 1.29 is 13.3 Å². The molecule has 5 heteroatoms. The molecule has 0 N–H and O–H groups in total. The first-order valence-electron chi connectivity index (χ1n) is 30.4. The molecule has 0 aliphatic rings. The molecule has 0 bridgehead atoms. The summed E-state index contributed by atoms with van der Waals surface area (Å²) in [6.07, 6.45) is 0. The van der Waals surface area contributed by atoms with Crippen molar-refractivity contribution in [2.75, 3.05) is 9.80 Å². The molecule has 0 atom stereocenters. The van der Waals surface area contributed by atoms with Gasteiger partial charge >= 0.3 is 0 Å². The van der Waals surface area contributed by atoms with Crippen molar-refractivity contribution in [1.29, 1.82) is 0 Å². The summed E-state index contributed by atoms with van der Waals surface area (Å²) in [6, 6.07) is 106. The summed E-state index contributed by atoms with van der Waals surface area (Å²) in [5.41, 5.74) is 11.2. The van der Waals surface area contributed by atoms with E-state index in [1.165, 1.54) is 80.8 Å². The fraction of sp³-hybridized carbons (Fsp3) is 0. The molecule has 89 heavy (non-hydrogen) atoms. The third-order valence-corrected chi connectivity index (χ3v) is 19.1. The average molecular weight is 1130 g/mol. The van der Waals surface area contributed by atoms with Crippen molar-refractivity contribution >= 4 is 197 Å². The molecule has 17 aromatic carbocycles. The molecule has 0 fully saturated rings. The molecular formula is C84H48N2O3. The lowest BCUT2D eigenvalue weighted by atomic mass is 9.92. The van der Waals surface area contributed by atoms with Gasteiger partial charge in [-0.15, -0.1) is 0 Å². The predicted octanol–water partition coefficient (Wildman–Crippen LogP) is 24.7. The van der Waals surface area contributed by atoms with Crippen LogP contribution < -0.4 is 9.80 Å². The number of hydrogen-bond donors (Lipinski definition) is 0. The van der Waals surface area contributed by atoms with Gasteiger partial charge in [0.25, 0.3) is 0 Å². The number of rotatable bonds is 6. The highest BCUT2D eigenvalue weighted by molar-refractivity contribution is 6.31. The van der Waals surface area contributed by atoms with Crippen LogP contribution in [-0.4, -0.2) is 0 Å². The second kappa shape index (κ2) is 18.3. The Morgan fingerprint density at radius 1 is 0.157 bits per heavy atom. The van der Waals surface area contributed by atoms with Crippen molar-refractivity contribution in [2.45, 2.75) is 0 Å². The van der Waals surface area contributed by atoms with E-state index in [4.69, 9.17) is 13.3 Å². The highest BCUT2D eigenvalue weighted by Gasteiger charge is 2.25. The highest BCUT2D eigenvalue weighted by atomic mass is 16.3. The Morgan fingerprint density at radius 3 is 0.865 bits per heavy atom. The van der Waals surface area contributed by atoms with Crippen LogP contribution in [0.4, 0.5) is 34.1 Å². The lowest BCUT2D eigenvalue weighted by molar-refractivity contribution is 0.668. The van der Waals surface area contributed by atoms with Gasteiger partial charge in [-0.3, -0.25) is 0 Å². The van der Waals surface area contributed by atoms with Gasteiger partial charge in [0.1, 0.15) is 27.9 Å². The Hall–Kier alpha value is -11.9. The highest BCUT2D eigenvalue weighted by Crippen LogP contribution is 2.50. The largest absolute Gasteiger partial charge is 0.456 e. The van der Waals surface area contributed by atoms with Crippen LogP contribution in [-0.2, 0) is 0 Å². The quantitative estimate of drug-likeness (QED) is 0.155. The Labute approximate surface area is 508 Å². The molecule has 0 aliphatic carbocycles. The van der Waals surface area contributed by atoms with Crippen LogP contribution in [0.5, 0.6) is 0 Å². The molecule has 20 aromatic rings. The molecule has 0 unspecified atom stereocenters. The Kier molecular flexibility index (Phi) is 9.94. The van der Waals surface area contributed by atoms with Crippen LogP contribution in [0.25, 0.3) is 163 Å². The Balaban J connectivity index is 0.805. The summed E-state index contributed by atoms with van der Waals surface area (Å²) in [4.78, 5) is 4.80. The summed E-state index contributed by atoms with van der Waals surface area (Å²) in [5.74, 6) is 0. The standard InChI is InChI=1S/C84H48N2O3/c1-3-20-58-54(16-1)56-18-5-7-22-60(56)70-42-49(32-37-64(58)70)85(51-35-40-81-75(45-51)67-26-11-13-30-79(67)87-81)50-33-39-66-72(43-50)62-24-9-10-25-63(62)73-47-77-69-28-15-29-78(84(69)89-83(77)48-74(66)73)86(53-36-41-82-76(46-53)68-27-12-14-31-80(68)88-82)52-34-38-65-59-21-4-2-17-55(59)57-19-6-8-23-61(57)71(65)44-52/h1-48H. The van der Waals surface area contributed by atoms with E-state index in [1.54, 1.807) is 0 Å². The van der Waals surface area contributed by atoms with Gasteiger partial charge in [-0.25, -0.2) is 0 Å². The molecule has 3 aromatic heterocycles. The molecule has 20 rings (SSSR count). The zero-order chi connectivity index (χ0) is 58.0. The van der Waals surface area contributed by atoms with Gasteiger partial charge in [0.15, 0.2) is 5.58 Å². The monoisotopic (exact) mass is 1130 g/mol. The summed E-state index contributed by atoms with van der Waals surface area (Å²) >= 11 is 0. The van der Waals surface area contributed by atoms with Gasteiger partial charge in [0.2, 0.25) is 0 Å². The first kappa shape index (κ1) is 48.3. The first-order valence-corrected chi connectivity index (χ1v) is 30.4. The molecule has 0 saturated heterocycles. The van der Waals surface area contributed by atoms with Crippen molar-refractivity contribution in [2.24, 2.45) is 0 Å². The molecular weight excluding hydrogens is 1080 g/mol. The normalized spacial score (nSPS) is 12.3. The minimum atomic E-state index is 0.809. The Morgan fingerprint density at radius 2 is 0.438 bits per heavy atom. The third-order valence-electron chi connectivity index (χ3n) is 19.1. The maximum atomic E-state index is 7.39. The molecule has 5 nitrogen and oxygen atoms in total. The molecule has 0 radical (unpaired) electrons. The first-order chi connectivity index (χ1) is 44.1. The average Bonchev–Trinajstić information content (AvgIpc) is 1.77. The number of fused-ring (bicyclic) bond motifs is 27. The molecule has 0 spiro atoms. The molecule has 0 saturated carbocycles. The topological polar surface area (TPSA) is 45.9 Å². The SMILES string of the molecule is c1ccc2c(c1)oc1ccc(N(c3ccc4c5ccccc5c5ccccc5c4c3)c3ccc4c(c3)c3ccccc3c3cc5c(cc43)oc3c(N(c4ccc6oc7ccccc7c6c4)c4ccc6c7ccccc7c7ccccc7c6c4)cccc35)cc12. The van der Waals surface area contributed by atoms with Crippen LogP contribution in [0.2, 0.25) is 0 Å². The molecule has 0 aliphatic heterocycles. The predicted molar refractivity (Wildman–Crippen MR) is 375 cm³/mol. The number of benzene rings is 17. The van der Waals surface area contributed by atoms with Gasteiger partial charge in [0, 0.05) is 60.8 Å². The van der Waals surface area contributed by atoms with Gasteiger partial charge in [0.05, 0.1) is 5.69 Å². The summed E-state index contributed by atoms with van der Waals surface area (Å²) in [6.45, 7) is 0. The third kappa shape index (κ3) is 7.01. The van der Waals surface area contributed by atoms with E-state index in [0.29, 0.717) is 0 Å². The van der Waals surface area contributed by atoms with E-state index < -0.39 is 0 Å². The summed E-state index contributed by atoms with van der Waals surface area (Å²) in [5, 5.41) is 28.1. The van der Waals surface area contributed by atoms with Crippen molar-refractivity contribution in [3.05, 3.63) is 291 Å². The van der Waals surface area contributed by atoms with Crippen LogP contribution in [0, 0.1) is 0 Å². The van der Waals surface area contributed by atoms with Crippen LogP contribution in [0.15, 0.2) is 304 Å². The Bertz CT molecular complexity index is 6390. The lowest BCUT2D eigenvalue weighted by Gasteiger charge is -2.27. The van der Waals surface area contributed by atoms with Crippen LogP contribution in [0.1, 0.15) is 0 Å². The summed E-state index contributed by atoms with van der Waals surface area (Å²) < 4.78 is 20.3. The van der Waals surface area contributed by atoms with E-state index in [2.05, 4.69) is 283 Å². The second-order valence-corrected chi connectivity index (χ2v) is 23.8. The maximum Gasteiger partial charge on any atom is 0.159 e. The fourth-order valence-corrected chi connectivity index (χ4v) is 15.2. The zero-order valence-electron chi connectivity index (χ0n) is 47.8. The van der Waals surface area contributed by atoms with E-state index in [-0.39, 0.29) is 0 Å². The van der Waals surface area contributed by atoms with Crippen molar-refractivity contribution in [3.63, 3.8) is 0 Å². The minimum absolute atomic E-state index is 0.809. The van der Waals surface area contributed by atoms with Gasteiger partial charge in [-0.1, -0.05) is 188 Å². The fourth-order valence-electron chi connectivity index (χ4n) is 15.2. The number of anilines is 6. The van der Waals surface area contributed by atoms with Crippen molar-refractivity contribution in [3.8, 4) is 0 Å². The second-order valence-electron chi connectivity index (χ2n) is 23.8. The minimum Gasteiger partial charge on any atom is -0.456 e. The smallest absolute Gasteiger partial charge is 0.159 e. The van der Waals surface area contributed by atoms with E-state index in [1.807, 2.05) is 18.2 Å². The number of hydrogen-bond acceptors (Lipinski definition) is 5.